The fourth-order valence-electron chi connectivity index (χ4n) is 7.45. The largest absolute Gasteiger partial charge is 0.382 e. The van der Waals surface area contributed by atoms with Gasteiger partial charge in [-0.15, -0.1) is 0 Å². The number of methoxy groups -OCH3 is 2. The average molecular weight is 1420 g/mol. The Labute approximate surface area is 579 Å². The number of rotatable bonds is 82. The number of nitrogen functional groups attached to an aromatic ring is 2. The fraction of sp³-hybridized carbons (Fsp3) is 0.875. The molecule has 0 atom stereocenters. The van der Waals surface area contributed by atoms with Crippen LogP contribution in [0.2, 0.25) is 0 Å². The predicted octanol–water partition coefficient (Wildman–Crippen LogP) is 0.237. The van der Waals surface area contributed by atoms with E-state index in [0.29, 0.717) is 304 Å². The number of Topliss-reactive ketones (excluding diaryl/α,β-unsaturated/α-hetero) is 2. The average Bonchev–Trinajstić information content (AvgIpc) is 0.938. The summed E-state index contributed by atoms with van der Waals surface area (Å²) in [6.45, 7) is 21.2. The molecule has 1 rings (SSSR count). The van der Waals surface area contributed by atoms with Crippen LogP contribution in [0.15, 0.2) is 0 Å². The van der Waals surface area contributed by atoms with Gasteiger partial charge in [-0.2, -0.15) is 0 Å². The first-order valence-electron chi connectivity index (χ1n) is 34.0. The maximum Gasteiger partial charge on any atom is 0.273 e. The molecule has 0 unspecified atom stereocenters. The maximum absolute atomic E-state index is 12.9. The highest BCUT2D eigenvalue weighted by atomic mass is 16.6. The molecule has 1 heterocycles. The number of ether oxygens (including phenoxy) is 24. The van der Waals surface area contributed by atoms with Gasteiger partial charge >= 0.3 is 0 Å². The molecule has 1 aromatic heterocycles. The van der Waals surface area contributed by atoms with Gasteiger partial charge in [-0.3, -0.25) is 19.2 Å². The van der Waals surface area contributed by atoms with Crippen molar-refractivity contribution in [2.24, 2.45) is 0 Å². The molecule has 2 amide bonds. The van der Waals surface area contributed by atoms with E-state index >= 15 is 0 Å². The number of ketones is 2. The lowest BCUT2D eigenvalue weighted by atomic mass is 10.1. The Kier molecular flexibility index (Phi) is 71.0. The molecular weight excluding hydrogens is 1300 g/mol. The van der Waals surface area contributed by atoms with Crippen molar-refractivity contribution in [3.8, 4) is 0 Å². The van der Waals surface area contributed by atoms with Crippen LogP contribution < -0.4 is 22.1 Å². The molecule has 0 saturated heterocycles. The fourth-order valence-corrected chi connectivity index (χ4v) is 7.45. The van der Waals surface area contributed by atoms with Crippen LogP contribution in [0.5, 0.6) is 0 Å². The number of hydrogen-bond donors (Lipinski definition) is 4. The van der Waals surface area contributed by atoms with E-state index in [-0.39, 0.29) is 86.7 Å². The normalized spacial score (nSPS) is 11.5. The van der Waals surface area contributed by atoms with Crippen LogP contribution in [0.25, 0.3) is 0 Å². The van der Waals surface area contributed by atoms with E-state index in [9.17, 15) is 19.2 Å². The lowest BCUT2D eigenvalue weighted by molar-refractivity contribution is -0.122. The minimum Gasteiger partial charge on any atom is -0.382 e. The maximum atomic E-state index is 12.9. The monoisotopic (exact) mass is 1420 g/mol. The van der Waals surface area contributed by atoms with E-state index in [1.165, 1.54) is 0 Å². The van der Waals surface area contributed by atoms with Crippen LogP contribution >= 0.6 is 0 Å². The Morgan fingerprint density at radius 1 is 0.265 bits per heavy atom. The number of carbonyl (C=O) groups is 4. The molecule has 6 N–H and O–H groups in total. The molecule has 0 saturated carbocycles. The minimum absolute atomic E-state index is 0.00179. The topological polar surface area (TPSA) is 392 Å². The third kappa shape index (κ3) is 65.3. The van der Waals surface area contributed by atoms with E-state index in [1.807, 2.05) is 0 Å². The Bertz CT molecular complexity index is 1800. The molecule has 34 heteroatoms. The number of nitrogens with two attached hydrogens (primary N) is 2. The third-order valence-corrected chi connectivity index (χ3v) is 12.6. The quantitative estimate of drug-likeness (QED) is 0.0501. The lowest BCUT2D eigenvalue weighted by Crippen LogP contribution is -2.28. The SMILES string of the molecule is COCCOCCOCCOCCOCCOCCOCCOCCOCCOCCOCCOCCC(=O)CCCNC(=O)c1nc(N)c(C(=O)CCCNC(=O)CCOCCOCCOCCOCCOCCOCCOCCOCCOCCOCCOCCOC)nc1N. The summed E-state index contributed by atoms with van der Waals surface area (Å²) in [5, 5.41) is 5.39. The summed E-state index contributed by atoms with van der Waals surface area (Å²) in [6.07, 6.45) is 1.24. The first kappa shape index (κ1) is 92.0. The summed E-state index contributed by atoms with van der Waals surface area (Å²) in [7, 11) is 3.27. The second-order valence-corrected chi connectivity index (χ2v) is 20.4. The smallest absolute Gasteiger partial charge is 0.273 e. The van der Waals surface area contributed by atoms with Gasteiger partial charge in [-0.25, -0.2) is 9.97 Å². The summed E-state index contributed by atoms with van der Waals surface area (Å²) in [5.74, 6) is -1.87. The summed E-state index contributed by atoms with van der Waals surface area (Å²) < 4.78 is 130. The Balaban J connectivity index is 1.85. The zero-order valence-electron chi connectivity index (χ0n) is 58.7. The first-order valence-corrected chi connectivity index (χ1v) is 34.0. The van der Waals surface area contributed by atoms with Crippen molar-refractivity contribution in [1.82, 2.24) is 20.6 Å². The van der Waals surface area contributed by atoms with Crippen LogP contribution in [0.3, 0.4) is 0 Å². The molecule has 0 bridgehead atoms. The van der Waals surface area contributed by atoms with Crippen LogP contribution in [-0.4, -0.2) is 365 Å². The molecule has 574 valence electrons. The standard InChI is InChI=1S/C64H120N6O28/c1-75-13-15-79-21-23-83-29-31-87-37-39-91-45-47-95-53-55-97-51-49-93-43-41-89-35-33-85-27-25-81-19-17-77-11-7-57(71)5-3-10-68-64(74)61-63(66)69-60(62(65)70-61)58(72)6-4-9-67-59(73)8-12-78-18-20-82-26-28-86-34-36-90-42-44-94-50-52-98-56-54-96-48-46-92-40-38-88-32-30-84-24-22-80-16-14-76-2/h3-56H2,1-2H3,(H2,65,70)(H2,66,69)(H,67,73)(H,68,74). The van der Waals surface area contributed by atoms with Crippen molar-refractivity contribution >= 4 is 35.0 Å². The number of anilines is 2. The summed E-state index contributed by atoms with van der Waals surface area (Å²) in [5.41, 5.74) is 11.6. The van der Waals surface area contributed by atoms with E-state index in [2.05, 4.69) is 20.6 Å². The number of hydrogen-bond acceptors (Lipinski definition) is 32. The van der Waals surface area contributed by atoms with Crippen LogP contribution in [-0.2, 0) is 123 Å². The Hall–Kier alpha value is -4.00. The lowest BCUT2D eigenvalue weighted by Gasteiger charge is -2.10. The molecule has 0 radical (unpaired) electrons. The predicted molar refractivity (Wildman–Crippen MR) is 355 cm³/mol. The summed E-state index contributed by atoms with van der Waals surface area (Å²) in [6, 6.07) is 0. The molecule has 0 aliphatic rings. The van der Waals surface area contributed by atoms with Crippen molar-refractivity contribution in [3.63, 3.8) is 0 Å². The van der Waals surface area contributed by atoms with Gasteiger partial charge < -0.3 is 136 Å². The highest BCUT2D eigenvalue weighted by molar-refractivity contribution is 6.01. The highest BCUT2D eigenvalue weighted by Crippen LogP contribution is 2.16. The molecular formula is C64H120N6O28. The molecule has 0 aliphatic carbocycles. The van der Waals surface area contributed by atoms with Gasteiger partial charge in [0.1, 0.15) is 5.78 Å². The van der Waals surface area contributed by atoms with E-state index in [0.717, 1.165) is 0 Å². The van der Waals surface area contributed by atoms with Gasteiger partial charge in [0.2, 0.25) is 5.91 Å². The van der Waals surface area contributed by atoms with Gasteiger partial charge in [0.05, 0.1) is 304 Å². The number of aromatic nitrogens is 2. The Morgan fingerprint density at radius 2 is 0.480 bits per heavy atom. The molecule has 0 aromatic carbocycles. The second kappa shape index (κ2) is 75.7. The van der Waals surface area contributed by atoms with Crippen molar-refractivity contribution in [2.45, 2.75) is 38.5 Å². The van der Waals surface area contributed by atoms with E-state index < -0.39 is 11.7 Å². The number of carbonyl (C=O) groups excluding carboxylic acids is 4. The molecule has 0 spiro atoms. The molecule has 0 fully saturated rings. The van der Waals surface area contributed by atoms with E-state index in [1.54, 1.807) is 14.2 Å². The van der Waals surface area contributed by atoms with Crippen molar-refractivity contribution < 1.29 is 133 Å². The van der Waals surface area contributed by atoms with Crippen molar-refractivity contribution in [2.75, 3.05) is 343 Å². The Morgan fingerprint density at radius 3 is 0.755 bits per heavy atom. The molecule has 0 aliphatic heterocycles. The van der Waals surface area contributed by atoms with Crippen molar-refractivity contribution in [1.29, 1.82) is 0 Å². The van der Waals surface area contributed by atoms with Crippen molar-refractivity contribution in [3.05, 3.63) is 11.4 Å². The minimum atomic E-state index is -0.645. The van der Waals surface area contributed by atoms with Crippen LogP contribution in [0.4, 0.5) is 11.6 Å². The van der Waals surface area contributed by atoms with Gasteiger partial charge in [0, 0.05) is 53.0 Å². The first-order chi connectivity index (χ1) is 48.3. The summed E-state index contributed by atoms with van der Waals surface area (Å²) in [4.78, 5) is 58.3. The number of nitrogens with one attached hydrogen (secondary N) is 2. The molecule has 1 aromatic rings. The second-order valence-electron chi connectivity index (χ2n) is 20.4. The molecule has 98 heavy (non-hydrogen) atoms. The van der Waals surface area contributed by atoms with Gasteiger partial charge in [0.25, 0.3) is 5.91 Å². The zero-order chi connectivity index (χ0) is 70.6. The van der Waals surface area contributed by atoms with Gasteiger partial charge in [-0.1, -0.05) is 0 Å². The van der Waals surface area contributed by atoms with Gasteiger partial charge in [0.15, 0.2) is 28.8 Å². The van der Waals surface area contributed by atoms with E-state index in [4.69, 9.17) is 125 Å². The van der Waals surface area contributed by atoms with Gasteiger partial charge in [-0.05, 0) is 12.8 Å². The molecule has 34 nitrogen and oxygen atoms in total. The van der Waals surface area contributed by atoms with Crippen LogP contribution in [0.1, 0.15) is 59.5 Å². The number of amides is 2. The summed E-state index contributed by atoms with van der Waals surface area (Å²) >= 11 is 0. The third-order valence-electron chi connectivity index (χ3n) is 12.6. The highest BCUT2D eigenvalue weighted by Gasteiger charge is 2.20. The zero-order valence-corrected chi connectivity index (χ0v) is 58.7. The van der Waals surface area contributed by atoms with Crippen LogP contribution in [0, 0.1) is 0 Å². The number of nitrogens with zero attached hydrogens (tertiary/aromatic N) is 2.